The number of fused-ring (bicyclic) bond motifs is 2. The molecule has 0 aliphatic carbocycles. The van der Waals surface area contributed by atoms with Gasteiger partial charge in [0.05, 0.1) is 13.2 Å². The minimum atomic E-state index is 0.744. The lowest BCUT2D eigenvalue weighted by Gasteiger charge is -2.29. The Kier molecular flexibility index (Phi) is 5.83. The third kappa shape index (κ3) is 4.22. The monoisotopic (exact) mass is 455 g/mol. The van der Waals surface area contributed by atoms with Crippen molar-refractivity contribution >= 4 is 22.9 Å². The summed E-state index contributed by atoms with van der Waals surface area (Å²) in [6.45, 7) is 7.01. The van der Waals surface area contributed by atoms with Crippen molar-refractivity contribution in [1.82, 2.24) is 24.4 Å². The van der Waals surface area contributed by atoms with E-state index in [1.807, 2.05) is 29.1 Å². The van der Waals surface area contributed by atoms with Crippen LogP contribution in [0, 0.1) is 0 Å². The Hall–Kier alpha value is -3.49. The lowest BCUT2D eigenvalue weighted by molar-refractivity contribution is 0.0398. The van der Waals surface area contributed by atoms with Gasteiger partial charge in [0.15, 0.2) is 17.0 Å². The number of hydrogen-bond acceptors (Lipinski definition) is 7. The largest absolute Gasteiger partial charge is 0.379 e. The number of ether oxygens (including phenoxy) is 1. The SMILES string of the molecule is c1ccc(-n2cnc3c(NCCN4CCOCC4)nc(N4CCc5ccccc5C4)nc32)cc1. The molecule has 2 aromatic carbocycles. The number of nitrogens with one attached hydrogen (secondary N) is 1. The predicted molar refractivity (Wildman–Crippen MR) is 134 cm³/mol. The van der Waals surface area contributed by atoms with Crippen LogP contribution in [0.3, 0.4) is 0 Å². The van der Waals surface area contributed by atoms with E-state index < -0.39 is 0 Å². The molecule has 0 saturated carbocycles. The number of aromatic nitrogens is 4. The molecule has 1 fully saturated rings. The van der Waals surface area contributed by atoms with Crippen molar-refractivity contribution in [2.45, 2.75) is 13.0 Å². The molecule has 0 spiro atoms. The fourth-order valence-corrected chi connectivity index (χ4v) is 4.75. The first-order valence-corrected chi connectivity index (χ1v) is 12.0. The van der Waals surface area contributed by atoms with Gasteiger partial charge in [-0.25, -0.2) is 4.98 Å². The molecule has 174 valence electrons. The van der Waals surface area contributed by atoms with Gasteiger partial charge in [-0.05, 0) is 29.7 Å². The van der Waals surface area contributed by atoms with Crippen molar-refractivity contribution in [3.05, 3.63) is 72.1 Å². The zero-order valence-electron chi connectivity index (χ0n) is 19.2. The standard InChI is InChI=1S/C26H29N7O/c1-2-8-22(9-3-1)33-19-28-23-24(27-11-13-31-14-16-34-17-15-31)29-26(30-25(23)33)32-12-10-20-6-4-5-7-21(20)18-32/h1-9,19H,10-18H2,(H,27,29,30). The number of hydrogen-bond donors (Lipinski definition) is 1. The number of nitrogens with zero attached hydrogens (tertiary/aromatic N) is 6. The molecular formula is C26H29N7O. The molecule has 1 N–H and O–H groups in total. The number of morpholine rings is 1. The van der Waals surface area contributed by atoms with Crippen molar-refractivity contribution in [2.75, 3.05) is 56.2 Å². The summed E-state index contributed by atoms with van der Waals surface area (Å²) < 4.78 is 7.52. The second-order valence-electron chi connectivity index (χ2n) is 8.82. The lowest BCUT2D eigenvalue weighted by atomic mass is 10.0. The average molecular weight is 456 g/mol. The summed E-state index contributed by atoms with van der Waals surface area (Å²) in [4.78, 5) is 19.4. The van der Waals surface area contributed by atoms with Crippen molar-refractivity contribution in [1.29, 1.82) is 0 Å². The molecule has 8 nitrogen and oxygen atoms in total. The molecule has 0 amide bonds. The molecule has 6 rings (SSSR count). The number of anilines is 2. The minimum absolute atomic E-state index is 0.744. The normalized spacial score (nSPS) is 16.5. The topological polar surface area (TPSA) is 71.3 Å². The van der Waals surface area contributed by atoms with Crippen LogP contribution in [0.25, 0.3) is 16.9 Å². The quantitative estimate of drug-likeness (QED) is 0.479. The summed E-state index contributed by atoms with van der Waals surface area (Å²) in [5.41, 5.74) is 5.42. The van der Waals surface area contributed by atoms with Crippen LogP contribution < -0.4 is 10.2 Å². The minimum Gasteiger partial charge on any atom is -0.379 e. The molecule has 4 aromatic rings. The van der Waals surface area contributed by atoms with E-state index in [-0.39, 0.29) is 0 Å². The average Bonchev–Trinajstić information content (AvgIpc) is 3.34. The van der Waals surface area contributed by atoms with Crippen molar-refractivity contribution in [2.24, 2.45) is 0 Å². The Balaban J connectivity index is 1.33. The summed E-state index contributed by atoms with van der Waals surface area (Å²) in [5.74, 6) is 1.54. The van der Waals surface area contributed by atoms with Crippen LogP contribution in [0.5, 0.6) is 0 Å². The maximum absolute atomic E-state index is 5.47. The van der Waals surface area contributed by atoms with Gasteiger partial charge in [0, 0.05) is 45.0 Å². The highest BCUT2D eigenvalue weighted by molar-refractivity contribution is 5.85. The zero-order chi connectivity index (χ0) is 22.7. The molecule has 1 saturated heterocycles. The van der Waals surface area contributed by atoms with E-state index in [1.54, 1.807) is 0 Å². The van der Waals surface area contributed by atoms with E-state index in [0.717, 1.165) is 87.5 Å². The van der Waals surface area contributed by atoms with Gasteiger partial charge in [0.1, 0.15) is 6.33 Å². The lowest BCUT2D eigenvalue weighted by Crippen LogP contribution is -2.39. The van der Waals surface area contributed by atoms with E-state index in [9.17, 15) is 0 Å². The maximum Gasteiger partial charge on any atom is 0.229 e. The highest BCUT2D eigenvalue weighted by Crippen LogP contribution is 2.28. The van der Waals surface area contributed by atoms with Crippen LogP contribution in [0.2, 0.25) is 0 Å². The molecule has 2 aliphatic heterocycles. The molecular weight excluding hydrogens is 426 g/mol. The van der Waals surface area contributed by atoms with E-state index >= 15 is 0 Å². The second-order valence-corrected chi connectivity index (χ2v) is 8.82. The van der Waals surface area contributed by atoms with E-state index in [0.29, 0.717) is 0 Å². The first-order valence-electron chi connectivity index (χ1n) is 12.0. The summed E-state index contributed by atoms with van der Waals surface area (Å²) in [6, 6.07) is 18.9. The molecule has 4 heterocycles. The fourth-order valence-electron chi connectivity index (χ4n) is 4.75. The van der Waals surface area contributed by atoms with Gasteiger partial charge < -0.3 is 15.0 Å². The smallest absolute Gasteiger partial charge is 0.229 e. The van der Waals surface area contributed by atoms with Crippen LogP contribution in [-0.4, -0.2) is 70.4 Å². The van der Waals surface area contributed by atoms with Gasteiger partial charge in [0.2, 0.25) is 5.95 Å². The maximum atomic E-state index is 5.47. The zero-order valence-corrected chi connectivity index (χ0v) is 19.2. The number of imidazole rings is 1. The molecule has 0 unspecified atom stereocenters. The van der Waals surface area contributed by atoms with Gasteiger partial charge in [-0.15, -0.1) is 0 Å². The third-order valence-electron chi connectivity index (χ3n) is 6.66. The first kappa shape index (κ1) is 21.1. The Morgan fingerprint density at radius 2 is 1.68 bits per heavy atom. The van der Waals surface area contributed by atoms with Crippen molar-refractivity contribution < 1.29 is 4.74 Å². The molecule has 0 bridgehead atoms. The number of benzene rings is 2. The number of rotatable bonds is 6. The first-order chi connectivity index (χ1) is 16.8. The second kappa shape index (κ2) is 9.40. The highest BCUT2D eigenvalue weighted by atomic mass is 16.5. The Labute approximate surface area is 199 Å². The summed E-state index contributed by atoms with van der Waals surface area (Å²) >= 11 is 0. The van der Waals surface area contributed by atoms with Crippen LogP contribution in [0.1, 0.15) is 11.1 Å². The van der Waals surface area contributed by atoms with Gasteiger partial charge in [-0.3, -0.25) is 9.47 Å². The summed E-state index contributed by atoms with van der Waals surface area (Å²) in [5, 5.41) is 3.56. The molecule has 0 radical (unpaired) electrons. The molecule has 8 heteroatoms. The van der Waals surface area contributed by atoms with Crippen molar-refractivity contribution in [3.8, 4) is 5.69 Å². The molecule has 2 aliphatic rings. The van der Waals surface area contributed by atoms with Crippen LogP contribution >= 0.6 is 0 Å². The molecule has 2 aromatic heterocycles. The number of para-hydroxylation sites is 1. The van der Waals surface area contributed by atoms with E-state index in [1.165, 1.54) is 11.1 Å². The molecule has 0 atom stereocenters. The van der Waals surface area contributed by atoms with Gasteiger partial charge >= 0.3 is 0 Å². The van der Waals surface area contributed by atoms with E-state index in [4.69, 9.17) is 19.7 Å². The van der Waals surface area contributed by atoms with Crippen LogP contribution in [0.4, 0.5) is 11.8 Å². The third-order valence-corrected chi connectivity index (χ3v) is 6.66. The van der Waals surface area contributed by atoms with Crippen LogP contribution in [-0.2, 0) is 17.7 Å². The van der Waals surface area contributed by atoms with Gasteiger partial charge in [-0.1, -0.05) is 42.5 Å². The fraction of sp³-hybridized carbons (Fsp3) is 0.346. The van der Waals surface area contributed by atoms with Gasteiger partial charge in [-0.2, -0.15) is 9.97 Å². The Bertz CT molecular complexity index is 1270. The van der Waals surface area contributed by atoms with Crippen molar-refractivity contribution in [3.63, 3.8) is 0 Å². The predicted octanol–water partition coefficient (Wildman–Crippen LogP) is 3.12. The van der Waals surface area contributed by atoms with Crippen LogP contribution in [0.15, 0.2) is 60.9 Å². The Morgan fingerprint density at radius 3 is 2.53 bits per heavy atom. The van der Waals surface area contributed by atoms with Gasteiger partial charge in [0.25, 0.3) is 0 Å². The van der Waals surface area contributed by atoms with E-state index in [2.05, 4.69) is 51.5 Å². The molecule has 34 heavy (non-hydrogen) atoms. The summed E-state index contributed by atoms with van der Waals surface area (Å²) in [6.07, 6.45) is 2.84. The Morgan fingerprint density at radius 1 is 0.882 bits per heavy atom. The summed E-state index contributed by atoms with van der Waals surface area (Å²) in [7, 11) is 0. The highest BCUT2D eigenvalue weighted by Gasteiger charge is 2.22.